The number of thiazole rings is 1. The summed E-state index contributed by atoms with van der Waals surface area (Å²) in [4.78, 5) is 18.3. The highest BCUT2D eigenvalue weighted by Crippen LogP contribution is 2.34. The molecular weight excluding hydrogens is 340 g/mol. The predicted octanol–water partition coefficient (Wildman–Crippen LogP) is 5.73. The van der Waals surface area contributed by atoms with Gasteiger partial charge >= 0.3 is 0 Å². The van der Waals surface area contributed by atoms with Crippen molar-refractivity contribution in [1.29, 1.82) is 0 Å². The predicted molar refractivity (Wildman–Crippen MR) is 107 cm³/mol. The number of nitrogens with zero attached hydrogens (tertiary/aromatic N) is 1. The molecule has 0 bridgehead atoms. The Morgan fingerprint density at radius 3 is 1.88 bits per heavy atom. The molecule has 4 aromatic rings. The van der Waals surface area contributed by atoms with E-state index in [-0.39, 0.29) is 5.91 Å². The van der Waals surface area contributed by atoms with Crippen LogP contribution in [0.2, 0.25) is 0 Å². The Bertz CT molecular complexity index is 1010. The van der Waals surface area contributed by atoms with Gasteiger partial charge in [0, 0.05) is 16.8 Å². The normalized spacial score (nSPS) is 10.5. The molecule has 4 rings (SSSR count). The molecular formula is C22H16N2OS. The minimum Gasteiger partial charge on any atom is -0.321 e. The maximum atomic E-state index is 12.9. The molecule has 0 unspecified atom stereocenters. The molecule has 126 valence electrons. The van der Waals surface area contributed by atoms with Crippen LogP contribution in [-0.4, -0.2) is 10.9 Å². The van der Waals surface area contributed by atoms with Gasteiger partial charge in [-0.25, -0.2) is 4.98 Å². The molecule has 0 aliphatic rings. The monoisotopic (exact) mass is 356 g/mol. The highest BCUT2D eigenvalue weighted by atomic mass is 32.1. The summed E-state index contributed by atoms with van der Waals surface area (Å²) < 4.78 is 0. The van der Waals surface area contributed by atoms with Crippen molar-refractivity contribution in [3.63, 3.8) is 0 Å². The van der Waals surface area contributed by atoms with Crippen molar-refractivity contribution in [2.75, 3.05) is 5.32 Å². The summed E-state index contributed by atoms with van der Waals surface area (Å²) in [5.74, 6) is -0.144. The zero-order chi connectivity index (χ0) is 17.8. The number of anilines is 1. The Labute approximate surface area is 156 Å². The van der Waals surface area contributed by atoms with Gasteiger partial charge in [-0.15, -0.1) is 11.3 Å². The average molecular weight is 356 g/mol. The minimum absolute atomic E-state index is 0.144. The maximum absolute atomic E-state index is 12.9. The largest absolute Gasteiger partial charge is 0.321 e. The lowest BCUT2D eigenvalue weighted by Gasteiger charge is -2.05. The molecule has 1 aromatic heterocycles. The fourth-order valence-corrected chi connectivity index (χ4v) is 3.67. The highest BCUT2D eigenvalue weighted by molar-refractivity contribution is 7.17. The van der Waals surface area contributed by atoms with E-state index in [1.165, 1.54) is 11.3 Å². The third-order valence-electron chi connectivity index (χ3n) is 3.93. The number of benzene rings is 3. The van der Waals surface area contributed by atoms with Crippen molar-refractivity contribution >= 4 is 22.9 Å². The Kier molecular flexibility index (Phi) is 4.58. The average Bonchev–Trinajstić information content (AvgIpc) is 3.16. The quantitative estimate of drug-likeness (QED) is 0.507. The highest BCUT2D eigenvalue weighted by Gasteiger charge is 2.20. The van der Waals surface area contributed by atoms with Crippen LogP contribution in [0.5, 0.6) is 0 Å². The number of carbonyl (C=O) groups is 1. The van der Waals surface area contributed by atoms with Crippen molar-refractivity contribution in [1.82, 2.24) is 4.98 Å². The van der Waals surface area contributed by atoms with Crippen molar-refractivity contribution in [3.05, 3.63) is 95.9 Å². The van der Waals surface area contributed by atoms with E-state index >= 15 is 0 Å². The second-order valence-electron chi connectivity index (χ2n) is 5.75. The van der Waals surface area contributed by atoms with Crippen LogP contribution < -0.4 is 5.32 Å². The molecule has 26 heavy (non-hydrogen) atoms. The molecule has 0 saturated heterocycles. The van der Waals surface area contributed by atoms with E-state index in [1.807, 2.05) is 91.0 Å². The number of amides is 1. The SMILES string of the molecule is O=C(Nc1ccccc1)c1sc(-c2ccccc2)nc1-c1ccccc1. The van der Waals surface area contributed by atoms with Gasteiger partial charge in [0.05, 0.1) is 5.69 Å². The number of para-hydroxylation sites is 1. The molecule has 1 amide bonds. The summed E-state index contributed by atoms with van der Waals surface area (Å²) in [6.07, 6.45) is 0. The van der Waals surface area contributed by atoms with Crippen LogP contribution >= 0.6 is 11.3 Å². The summed E-state index contributed by atoms with van der Waals surface area (Å²) in [6, 6.07) is 29.2. The van der Waals surface area contributed by atoms with E-state index in [2.05, 4.69) is 5.32 Å². The molecule has 0 aliphatic carbocycles. The maximum Gasteiger partial charge on any atom is 0.268 e. The molecule has 3 nitrogen and oxygen atoms in total. The Morgan fingerprint density at radius 2 is 1.27 bits per heavy atom. The number of carbonyl (C=O) groups excluding carboxylic acids is 1. The first kappa shape index (κ1) is 16.2. The smallest absolute Gasteiger partial charge is 0.268 e. The van der Waals surface area contributed by atoms with Gasteiger partial charge in [0.2, 0.25) is 0 Å². The molecule has 3 aromatic carbocycles. The molecule has 4 heteroatoms. The van der Waals surface area contributed by atoms with Crippen LogP contribution in [0.1, 0.15) is 9.67 Å². The molecule has 1 N–H and O–H groups in total. The summed E-state index contributed by atoms with van der Waals surface area (Å²) in [7, 11) is 0. The summed E-state index contributed by atoms with van der Waals surface area (Å²) in [6.45, 7) is 0. The van der Waals surface area contributed by atoms with Crippen molar-refractivity contribution in [2.45, 2.75) is 0 Å². The van der Waals surface area contributed by atoms with E-state index in [0.29, 0.717) is 10.6 Å². The second kappa shape index (κ2) is 7.33. The van der Waals surface area contributed by atoms with E-state index in [1.54, 1.807) is 0 Å². The third kappa shape index (κ3) is 3.41. The van der Waals surface area contributed by atoms with Gasteiger partial charge in [0.15, 0.2) is 0 Å². The lowest BCUT2D eigenvalue weighted by atomic mass is 10.1. The summed E-state index contributed by atoms with van der Waals surface area (Å²) in [5, 5.41) is 3.80. The van der Waals surface area contributed by atoms with Gasteiger partial charge in [-0.05, 0) is 12.1 Å². The zero-order valence-corrected chi connectivity index (χ0v) is 14.7. The van der Waals surface area contributed by atoms with E-state index in [9.17, 15) is 4.79 Å². The van der Waals surface area contributed by atoms with Crippen molar-refractivity contribution in [3.8, 4) is 21.8 Å². The van der Waals surface area contributed by atoms with Crippen LogP contribution in [0, 0.1) is 0 Å². The minimum atomic E-state index is -0.144. The first-order valence-corrected chi connectivity index (χ1v) is 9.11. The lowest BCUT2D eigenvalue weighted by molar-refractivity contribution is 0.103. The summed E-state index contributed by atoms with van der Waals surface area (Å²) >= 11 is 1.41. The van der Waals surface area contributed by atoms with Gasteiger partial charge in [-0.2, -0.15) is 0 Å². The molecule has 0 spiro atoms. The van der Waals surface area contributed by atoms with Crippen LogP contribution in [-0.2, 0) is 0 Å². The Morgan fingerprint density at radius 1 is 0.731 bits per heavy atom. The van der Waals surface area contributed by atoms with Crippen molar-refractivity contribution in [2.24, 2.45) is 0 Å². The number of hydrogen-bond donors (Lipinski definition) is 1. The van der Waals surface area contributed by atoms with Crippen LogP contribution in [0.25, 0.3) is 21.8 Å². The first-order chi connectivity index (χ1) is 12.8. The van der Waals surface area contributed by atoms with Gasteiger partial charge < -0.3 is 5.32 Å². The molecule has 0 fully saturated rings. The van der Waals surface area contributed by atoms with Gasteiger partial charge in [0.1, 0.15) is 9.88 Å². The molecule has 1 heterocycles. The zero-order valence-electron chi connectivity index (χ0n) is 13.9. The van der Waals surface area contributed by atoms with Gasteiger partial charge in [-0.3, -0.25) is 4.79 Å². The van der Waals surface area contributed by atoms with Crippen molar-refractivity contribution < 1.29 is 4.79 Å². The summed E-state index contributed by atoms with van der Waals surface area (Å²) in [5.41, 5.74) is 3.42. The lowest BCUT2D eigenvalue weighted by Crippen LogP contribution is -2.11. The van der Waals surface area contributed by atoms with Crippen LogP contribution in [0.4, 0.5) is 5.69 Å². The fraction of sp³-hybridized carbons (Fsp3) is 0. The number of hydrogen-bond acceptors (Lipinski definition) is 3. The number of aromatic nitrogens is 1. The Hall–Kier alpha value is -3.24. The van der Waals surface area contributed by atoms with Crippen LogP contribution in [0.15, 0.2) is 91.0 Å². The third-order valence-corrected chi connectivity index (χ3v) is 5.04. The number of nitrogens with one attached hydrogen (secondary N) is 1. The standard InChI is InChI=1S/C22H16N2OS/c25-21(23-18-14-8-3-9-15-18)20-19(16-10-4-1-5-11-16)24-22(26-20)17-12-6-2-7-13-17/h1-15H,(H,23,25). The van der Waals surface area contributed by atoms with E-state index < -0.39 is 0 Å². The molecule has 0 saturated carbocycles. The first-order valence-electron chi connectivity index (χ1n) is 8.29. The van der Waals surface area contributed by atoms with E-state index in [4.69, 9.17) is 4.98 Å². The second-order valence-corrected chi connectivity index (χ2v) is 6.75. The topological polar surface area (TPSA) is 42.0 Å². The van der Waals surface area contributed by atoms with Gasteiger partial charge in [-0.1, -0.05) is 78.9 Å². The van der Waals surface area contributed by atoms with E-state index in [0.717, 1.165) is 21.8 Å². The molecule has 0 radical (unpaired) electrons. The Balaban J connectivity index is 1.77. The fourth-order valence-electron chi connectivity index (χ4n) is 2.68. The van der Waals surface area contributed by atoms with Gasteiger partial charge in [0.25, 0.3) is 5.91 Å². The number of rotatable bonds is 4. The van der Waals surface area contributed by atoms with Crippen LogP contribution in [0.3, 0.4) is 0 Å². The molecule has 0 aliphatic heterocycles. The molecule has 0 atom stereocenters.